The molecule has 0 spiro atoms. The number of azide groups is 1. The first kappa shape index (κ1) is 52.4. The van der Waals surface area contributed by atoms with E-state index in [2.05, 4.69) is 107 Å². The maximum absolute atomic E-state index is 12.5. The van der Waals surface area contributed by atoms with Crippen molar-refractivity contribution in [2.24, 2.45) is 16.6 Å². The monoisotopic (exact) mass is 1210 g/mol. The predicted molar refractivity (Wildman–Crippen MR) is 271 cm³/mol. The number of benzene rings is 4. The third kappa shape index (κ3) is 21.4. The fourth-order valence-electron chi connectivity index (χ4n) is 5.05. The summed E-state index contributed by atoms with van der Waals surface area (Å²) in [6, 6.07) is 26.5. The van der Waals surface area contributed by atoms with Gasteiger partial charge in [-0.25, -0.2) is 4.79 Å². The van der Waals surface area contributed by atoms with Crippen molar-refractivity contribution in [3.63, 3.8) is 0 Å². The van der Waals surface area contributed by atoms with Crippen molar-refractivity contribution in [2.45, 2.75) is 77.6 Å². The number of tetrazole rings is 1. The van der Waals surface area contributed by atoms with E-state index in [0.29, 0.717) is 23.6 Å². The van der Waals surface area contributed by atoms with E-state index in [4.69, 9.17) is 26.7 Å². The molecule has 0 unspecified atom stereocenters. The number of nitriles is 1. The van der Waals surface area contributed by atoms with Gasteiger partial charge in [0.1, 0.15) is 8.24 Å². The fourth-order valence-corrected chi connectivity index (χ4v) is 8.01. The number of aromatic nitrogens is 4. The van der Waals surface area contributed by atoms with Crippen LogP contribution in [0, 0.1) is 30.3 Å². The normalized spacial score (nSPS) is 12.4. The lowest BCUT2D eigenvalue weighted by molar-refractivity contribution is 0.0696. The Hall–Kier alpha value is -3.91. The maximum Gasteiger partial charge on any atom is 0.335 e. The van der Waals surface area contributed by atoms with E-state index in [1.807, 2.05) is 74.2 Å². The van der Waals surface area contributed by atoms with Gasteiger partial charge in [0, 0.05) is 39.5 Å². The van der Waals surface area contributed by atoms with E-state index >= 15 is 0 Å². The van der Waals surface area contributed by atoms with Crippen LogP contribution >= 0.6 is 77.0 Å². The molecule has 5 aromatic rings. The van der Waals surface area contributed by atoms with Crippen molar-refractivity contribution in [2.75, 3.05) is 17.7 Å². The molecule has 0 bridgehead atoms. The number of aliphatic hydroxyl groups is 1. The van der Waals surface area contributed by atoms with Crippen LogP contribution in [-0.4, -0.2) is 57.1 Å². The summed E-state index contributed by atoms with van der Waals surface area (Å²) in [4.78, 5) is 27.2. The molecule has 0 radical (unpaired) electrons. The number of carbonyl (C=O) groups excluding carboxylic acids is 1. The van der Waals surface area contributed by atoms with Crippen molar-refractivity contribution in [3.05, 3.63) is 128 Å². The smallest absolute Gasteiger partial charge is 0.335 e. The zero-order chi connectivity index (χ0) is 45.7. The number of carboxylic acid groups (broad SMARTS) is 1. The second-order valence-electron chi connectivity index (χ2n) is 15.3. The molecule has 1 heterocycles. The summed E-state index contributed by atoms with van der Waals surface area (Å²) in [7, 11) is -1.45. The first-order chi connectivity index (χ1) is 29.5. The Morgan fingerprint density at radius 2 is 1.48 bits per heavy atom. The minimum atomic E-state index is -1.45. The number of amides is 1. The van der Waals surface area contributed by atoms with E-state index in [0.717, 1.165) is 60.7 Å². The van der Waals surface area contributed by atoms with Crippen molar-refractivity contribution < 1.29 is 19.8 Å². The molecule has 0 atom stereocenters. The molecule has 2 fully saturated rings. The van der Waals surface area contributed by atoms with E-state index in [1.165, 1.54) is 66.4 Å². The summed E-state index contributed by atoms with van der Waals surface area (Å²) in [5, 5.41) is 40.8. The average molecular weight is 1210 g/mol. The first-order valence-electron chi connectivity index (χ1n) is 19.8. The number of rotatable bonds is 12. The van der Waals surface area contributed by atoms with Crippen LogP contribution in [0.1, 0.15) is 77.6 Å². The van der Waals surface area contributed by atoms with E-state index < -0.39 is 14.2 Å². The van der Waals surface area contributed by atoms with Gasteiger partial charge >= 0.3 is 5.97 Å². The Morgan fingerprint density at radius 3 is 1.95 bits per heavy atom. The number of carbonyl (C=O) groups is 2. The van der Waals surface area contributed by atoms with Gasteiger partial charge in [0.2, 0.25) is 5.82 Å². The Morgan fingerprint density at radius 1 is 0.919 bits per heavy atom. The summed E-state index contributed by atoms with van der Waals surface area (Å²) in [6.45, 7) is 7.16. The molecule has 0 aliphatic heterocycles. The third-order valence-electron chi connectivity index (χ3n) is 8.74. The number of nitrogens with two attached hydrogens (primary N) is 1. The number of hydrogen-bond acceptors (Lipinski definition) is 9. The first-order valence-corrected chi connectivity index (χ1v) is 27.0. The molecule has 1 amide bonds. The van der Waals surface area contributed by atoms with Crippen LogP contribution in [0.3, 0.4) is 0 Å². The van der Waals surface area contributed by atoms with Gasteiger partial charge in [-0.1, -0.05) is 57.5 Å². The van der Waals surface area contributed by atoms with Crippen LogP contribution < -0.4 is 11.1 Å². The second-order valence-corrected chi connectivity index (χ2v) is 24.0. The Labute approximate surface area is 407 Å². The number of aliphatic hydroxyl groups excluding tert-OH is 1. The summed E-state index contributed by atoms with van der Waals surface area (Å²) in [6.07, 6.45) is 10.2. The van der Waals surface area contributed by atoms with Gasteiger partial charge < -0.3 is 21.3 Å². The SMILES string of the molecule is C[Si](C)(C)N=[N+]=[N-].N#Cc1ccc(C(=O)O)cc1.Nc1ccc(I)cc1Br.O=C(Nc1ccc(I)cc1Br)c1ccc(-c2nnn(CCCC3CC3)n2)cc1.OCCCC1CC1. The Balaban J connectivity index is 0.000000245. The average Bonchev–Trinajstić information content (AvgIpc) is 4.19. The molecule has 7 rings (SSSR count). The zero-order valence-electron chi connectivity index (χ0n) is 34.7. The number of nitrogen functional groups attached to an aromatic ring is 1. The fraction of sp³-hybridized carbons (Fsp3) is 0.349. The van der Waals surface area contributed by atoms with Crippen LogP contribution in [-0.2, 0) is 6.54 Å². The standard InChI is InChI=1S/C20H19BrIN5O.C8H5NO2.C6H5BrIN.C6H12O.C3H9N3Si/c21-17-12-16(22)9-10-18(17)23-20(28)15-7-5-14(6-8-15)19-24-26-27(25-19)11-1-2-13-3-4-13;9-5-6-1-3-7(4-2-6)8(10)11;7-5-3-4(8)1-2-6(5)9;7-5-1-2-6-3-4-6;1-7(2,3)6-5-4/h5-10,12-13H,1-4,11H2,(H,23,28);1-4H,(H,10,11);1-3H,9H2;6-7H,1-5H2;1-3H3. The molecule has 14 nitrogen and oxygen atoms in total. The Kier molecular flexibility index (Phi) is 23.1. The lowest BCUT2D eigenvalue weighted by Gasteiger charge is -2.08. The number of carboxylic acids is 1. The lowest BCUT2D eigenvalue weighted by Crippen LogP contribution is -2.13. The summed E-state index contributed by atoms with van der Waals surface area (Å²) in [5.74, 6) is 1.35. The van der Waals surface area contributed by atoms with E-state index in [1.54, 1.807) is 16.9 Å². The van der Waals surface area contributed by atoms with Gasteiger partial charge in [0.15, 0.2) is 0 Å². The highest BCUT2D eigenvalue weighted by molar-refractivity contribution is 14.1. The number of aryl methyl sites for hydroxylation is 1. The van der Waals surface area contributed by atoms with Crippen molar-refractivity contribution in [1.82, 2.24) is 20.2 Å². The highest BCUT2D eigenvalue weighted by atomic mass is 127. The molecule has 2 saturated carbocycles. The van der Waals surface area contributed by atoms with Gasteiger partial charge in [0.05, 0.1) is 29.4 Å². The van der Waals surface area contributed by atoms with Crippen molar-refractivity contribution in [3.8, 4) is 17.5 Å². The highest BCUT2D eigenvalue weighted by Gasteiger charge is 2.21. The van der Waals surface area contributed by atoms with Crippen LogP contribution in [0.15, 0.2) is 98.7 Å². The van der Waals surface area contributed by atoms with E-state index in [9.17, 15) is 9.59 Å². The number of anilines is 2. The number of hydrogen-bond donors (Lipinski definition) is 4. The number of nitrogens with zero attached hydrogens (tertiary/aromatic N) is 8. The molecule has 2 aliphatic carbocycles. The molecule has 19 heteroatoms. The summed E-state index contributed by atoms with van der Waals surface area (Å²) >= 11 is 11.3. The molecular weight excluding hydrogens is 1160 g/mol. The molecule has 1 aromatic heterocycles. The minimum Gasteiger partial charge on any atom is -0.478 e. The van der Waals surface area contributed by atoms with Gasteiger partial charge in [-0.3, -0.25) is 4.79 Å². The largest absolute Gasteiger partial charge is 0.478 e. The maximum atomic E-state index is 12.5. The molecule has 0 saturated heterocycles. The molecule has 5 N–H and O–H groups in total. The highest BCUT2D eigenvalue weighted by Crippen LogP contribution is 2.34. The van der Waals surface area contributed by atoms with Gasteiger partial charge in [-0.2, -0.15) is 10.1 Å². The van der Waals surface area contributed by atoms with Crippen LogP contribution in [0.4, 0.5) is 11.4 Å². The minimum absolute atomic E-state index is 0.162. The summed E-state index contributed by atoms with van der Waals surface area (Å²) in [5.41, 5.74) is 17.1. The molecule has 4 aromatic carbocycles. The van der Waals surface area contributed by atoms with Crippen LogP contribution in [0.5, 0.6) is 0 Å². The predicted octanol–water partition coefficient (Wildman–Crippen LogP) is 12.3. The third-order valence-corrected chi connectivity index (χ3v) is 12.1. The van der Waals surface area contributed by atoms with Crippen LogP contribution in [0.25, 0.3) is 21.8 Å². The van der Waals surface area contributed by atoms with Crippen LogP contribution in [0.2, 0.25) is 19.6 Å². The van der Waals surface area contributed by atoms with Gasteiger partial charge in [-0.15, -0.1) is 15.0 Å². The molecule has 2 aliphatic rings. The van der Waals surface area contributed by atoms with Crippen molar-refractivity contribution >= 4 is 109 Å². The second kappa shape index (κ2) is 27.3. The lowest BCUT2D eigenvalue weighted by atomic mass is 10.1. The van der Waals surface area contributed by atoms with Gasteiger partial charge in [0.25, 0.3) is 5.91 Å². The number of halogens is 4. The molecular formula is C43H50Br2I2N10O4Si. The molecule has 328 valence electrons. The molecule has 62 heavy (non-hydrogen) atoms. The van der Waals surface area contributed by atoms with Gasteiger partial charge in [-0.05, 0) is 203 Å². The summed E-state index contributed by atoms with van der Waals surface area (Å²) < 4.78 is 7.68. The topological polar surface area (TPSA) is 229 Å². The quantitative estimate of drug-likeness (QED) is 0.0232. The zero-order valence-corrected chi connectivity index (χ0v) is 43.2. The van der Waals surface area contributed by atoms with Crippen molar-refractivity contribution in [1.29, 1.82) is 5.26 Å². The number of nitrogens with one attached hydrogen (secondary N) is 1. The van der Waals surface area contributed by atoms with E-state index in [-0.39, 0.29) is 11.5 Å². The Bertz CT molecular complexity index is 2290. The number of aromatic carboxylic acids is 1.